The Morgan fingerprint density at radius 2 is 2.19 bits per heavy atom. The summed E-state index contributed by atoms with van der Waals surface area (Å²) in [7, 11) is 0. The molecule has 5 nitrogen and oxygen atoms in total. The Bertz CT molecular complexity index is 386. The largest absolute Gasteiger partial charge is 0.394 e. The normalized spacial score (nSPS) is 21.1. The van der Waals surface area contributed by atoms with Gasteiger partial charge in [0.1, 0.15) is 0 Å². The van der Waals surface area contributed by atoms with Crippen molar-refractivity contribution in [1.82, 2.24) is 9.78 Å². The third-order valence-electron chi connectivity index (χ3n) is 3.06. The van der Waals surface area contributed by atoms with Crippen LogP contribution in [0.2, 0.25) is 0 Å². The predicted octanol–water partition coefficient (Wildman–Crippen LogP) is 0.926. The molecule has 5 heteroatoms. The van der Waals surface area contributed by atoms with Crippen LogP contribution in [0.4, 0.5) is 11.5 Å². The van der Waals surface area contributed by atoms with E-state index in [9.17, 15) is 5.11 Å². The molecule has 1 atom stereocenters. The molecule has 0 saturated carbocycles. The summed E-state index contributed by atoms with van der Waals surface area (Å²) in [6.45, 7) is 7.60. The van der Waals surface area contributed by atoms with Crippen LogP contribution < -0.4 is 10.6 Å². The van der Waals surface area contributed by atoms with Gasteiger partial charge in [0.25, 0.3) is 0 Å². The van der Waals surface area contributed by atoms with Gasteiger partial charge in [0, 0.05) is 19.1 Å². The van der Waals surface area contributed by atoms with Crippen molar-refractivity contribution >= 4 is 11.5 Å². The summed E-state index contributed by atoms with van der Waals surface area (Å²) in [5, 5.41) is 14.0. The predicted molar refractivity (Wildman–Crippen MR) is 64.6 cm³/mol. The summed E-state index contributed by atoms with van der Waals surface area (Å²) < 4.78 is 1.95. The molecule has 1 aromatic heterocycles. The standard InChI is InChI=1S/C11H20N4O/c1-7(2)15-11(10(12)8(3)13-15)14-5-4-9(16)6-14/h7,9,16H,4-6,12H2,1-3H3. The van der Waals surface area contributed by atoms with Crippen LogP contribution in [0.1, 0.15) is 32.0 Å². The highest BCUT2D eigenvalue weighted by molar-refractivity contribution is 5.66. The highest BCUT2D eigenvalue weighted by atomic mass is 16.3. The highest BCUT2D eigenvalue weighted by Crippen LogP contribution is 2.31. The number of aliphatic hydroxyl groups is 1. The Morgan fingerprint density at radius 1 is 1.50 bits per heavy atom. The van der Waals surface area contributed by atoms with Crippen molar-refractivity contribution in [2.45, 2.75) is 39.3 Å². The zero-order chi connectivity index (χ0) is 11.9. The molecule has 0 spiro atoms. The number of nitrogen functional groups attached to an aromatic ring is 1. The Balaban J connectivity index is 2.38. The molecule has 1 aromatic rings. The molecule has 0 amide bonds. The van der Waals surface area contributed by atoms with Gasteiger partial charge in [0.05, 0.1) is 17.5 Å². The fourth-order valence-corrected chi connectivity index (χ4v) is 2.16. The lowest BCUT2D eigenvalue weighted by atomic mass is 10.3. The van der Waals surface area contributed by atoms with E-state index in [0.717, 1.165) is 30.2 Å². The molecule has 1 saturated heterocycles. The maximum Gasteiger partial charge on any atom is 0.151 e. The van der Waals surface area contributed by atoms with Gasteiger partial charge in [-0.2, -0.15) is 5.10 Å². The van der Waals surface area contributed by atoms with Gasteiger partial charge in [-0.05, 0) is 27.2 Å². The molecule has 16 heavy (non-hydrogen) atoms. The number of aliphatic hydroxyl groups excluding tert-OH is 1. The summed E-state index contributed by atoms with van der Waals surface area (Å²) in [4.78, 5) is 2.12. The fourth-order valence-electron chi connectivity index (χ4n) is 2.16. The summed E-state index contributed by atoms with van der Waals surface area (Å²) in [6.07, 6.45) is 0.567. The molecule has 0 aromatic carbocycles. The van der Waals surface area contributed by atoms with Crippen molar-refractivity contribution in [2.75, 3.05) is 23.7 Å². The van der Waals surface area contributed by atoms with Crippen molar-refractivity contribution in [3.05, 3.63) is 5.69 Å². The lowest BCUT2D eigenvalue weighted by molar-refractivity contribution is 0.198. The minimum Gasteiger partial charge on any atom is -0.394 e. The summed E-state index contributed by atoms with van der Waals surface area (Å²) in [5.41, 5.74) is 7.66. The smallest absolute Gasteiger partial charge is 0.151 e. The van der Waals surface area contributed by atoms with Crippen LogP contribution in [-0.2, 0) is 0 Å². The van der Waals surface area contributed by atoms with E-state index >= 15 is 0 Å². The minimum absolute atomic E-state index is 0.241. The summed E-state index contributed by atoms with van der Waals surface area (Å²) in [6, 6.07) is 0.281. The molecule has 2 rings (SSSR count). The highest BCUT2D eigenvalue weighted by Gasteiger charge is 2.27. The van der Waals surface area contributed by atoms with Crippen molar-refractivity contribution < 1.29 is 5.11 Å². The first-order chi connectivity index (χ1) is 7.50. The molecule has 1 unspecified atom stereocenters. The fraction of sp³-hybridized carbons (Fsp3) is 0.727. The molecular weight excluding hydrogens is 204 g/mol. The van der Waals surface area contributed by atoms with E-state index < -0.39 is 0 Å². The van der Waals surface area contributed by atoms with Crippen LogP contribution in [0.15, 0.2) is 0 Å². The van der Waals surface area contributed by atoms with Crippen LogP contribution in [0.25, 0.3) is 0 Å². The molecule has 3 N–H and O–H groups in total. The monoisotopic (exact) mass is 224 g/mol. The number of hydrogen-bond acceptors (Lipinski definition) is 4. The summed E-state index contributed by atoms with van der Waals surface area (Å²) in [5.74, 6) is 0.962. The Morgan fingerprint density at radius 3 is 2.69 bits per heavy atom. The van der Waals surface area contributed by atoms with Gasteiger partial charge in [0.15, 0.2) is 5.82 Å². The van der Waals surface area contributed by atoms with Crippen LogP contribution in [0.3, 0.4) is 0 Å². The van der Waals surface area contributed by atoms with Gasteiger partial charge in [0.2, 0.25) is 0 Å². The number of hydrogen-bond donors (Lipinski definition) is 2. The maximum atomic E-state index is 9.58. The van der Waals surface area contributed by atoms with Gasteiger partial charge < -0.3 is 15.7 Å². The van der Waals surface area contributed by atoms with Crippen molar-refractivity contribution in [2.24, 2.45) is 0 Å². The molecule has 1 aliphatic rings. The van der Waals surface area contributed by atoms with Crippen LogP contribution in [0.5, 0.6) is 0 Å². The number of rotatable bonds is 2. The maximum absolute atomic E-state index is 9.58. The number of β-amino-alcohol motifs (C(OH)–C–C–N with tert-alkyl or cyclic N) is 1. The van der Waals surface area contributed by atoms with E-state index in [1.165, 1.54) is 0 Å². The van der Waals surface area contributed by atoms with E-state index in [2.05, 4.69) is 23.8 Å². The van der Waals surface area contributed by atoms with Crippen LogP contribution in [-0.4, -0.2) is 34.1 Å². The second kappa shape index (κ2) is 3.97. The number of nitrogens with zero attached hydrogens (tertiary/aromatic N) is 3. The van der Waals surface area contributed by atoms with Crippen molar-refractivity contribution in [1.29, 1.82) is 0 Å². The topological polar surface area (TPSA) is 67.3 Å². The SMILES string of the molecule is Cc1nn(C(C)C)c(N2CCC(O)C2)c1N. The van der Waals surface area contributed by atoms with E-state index in [-0.39, 0.29) is 12.1 Å². The number of anilines is 2. The molecule has 90 valence electrons. The van der Waals surface area contributed by atoms with Crippen LogP contribution in [0, 0.1) is 6.92 Å². The number of aryl methyl sites for hydroxylation is 1. The van der Waals surface area contributed by atoms with Gasteiger partial charge >= 0.3 is 0 Å². The van der Waals surface area contributed by atoms with Gasteiger partial charge in [-0.25, -0.2) is 4.68 Å². The lowest BCUT2D eigenvalue weighted by Crippen LogP contribution is -2.25. The van der Waals surface area contributed by atoms with E-state index in [0.29, 0.717) is 6.54 Å². The third kappa shape index (κ3) is 1.75. The first-order valence-electron chi connectivity index (χ1n) is 5.78. The lowest BCUT2D eigenvalue weighted by Gasteiger charge is -2.21. The first-order valence-corrected chi connectivity index (χ1v) is 5.78. The molecule has 0 radical (unpaired) electrons. The van der Waals surface area contributed by atoms with Gasteiger partial charge in [-0.15, -0.1) is 0 Å². The quantitative estimate of drug-likeness (QED) is 0.784. The zero-order valence-electron chi connectivity index (χ0n) is 10.1. The first kappa shape index (κ1) is 11.3. The van der Waals surface area contributed by atoms with Crippen molar-refractivity contribution in [3.63, 3.8) is 0 Å². The average molecular weight is 224 g/mol. The summed E-state index contributed by atoms with van der Waals surface area (Å²) >= 11 is 0. The average Bonchev–Trinajstić information content (AvgIpc) is 2.73. The Hall–Kier alpha value is -1.23. The van der Waals surface area contributed by atoms with E-state index in [4.69, 9.17) is 5.73 Å². The molecule has 2 heterocycles. The minimum atomic E-state index is -0.241. The van der Waals surface area contributed by atoms with Gasteiger partial charge in [-0.3, -0.25) is 0 Å². The zero-order valence-corrected chi connectivity index (χ0v) is 10.1. The molecular formula is C11H20N4O. The second-order valence-corrected chi connectivity index (χ2v) is 4.75. The molecule has 0 bridgehead atoms. The van der Waals surface area contributed by atoms with Crippen LogP contribution >= 0.6 is 0 Å². The number of aromatic nitrogens is 2. The van der Waals surface area contributed by atoms with Crippen molar-refractivity contribution in [3.8, 4) is 0 Å². The van der Waals surface area contributed by atoms with E-state index in [1.807, 2.05) is 11.6 Å². The third-order valence-corrected chi connectivity index (χ3v) is 3.06. The Labute approximate surface area is 95.8 Å². The number of nitrogens with two attached hydrogens (primary N) is 1. The van der Waals surface area contributed by atoms with Gasteiger partial charge in [-0.1, -0.05) is 0 Å². The Kier molecular flexibility index (Phi) is 2.80. The molecule has 1 fully saturated rings. The second-order valence-electron chi connectivity index (χ2n) is 4.75. The molecule has 0 aliphatic carbocycles. The molecule has 1 aliphatic heterocycles. The van der Waals surface area contributed by atoms with E-state index in [1.54, 1.807) is 0 Å².